The van der Waals surface area contributed by atoms with E-state index >= 15 is 0 Å². The number of halogens is 1. The van der Waals surface area contributed by atoms with E-state index in [0.29, 0.717) is 16.5 Å². The Hall–Kier alpha value is -3.62. The lowest BCUT2D eigenvalue weighted by atomic mass is 9.99. The second-order valence-corrected chi connectivity index (χ2v) is 7.55. The highest BCUT2D eigenvalue weighted by atomic mass is 35.5. The highest BCUT2D eigenvalue weighted by Crippen LogP contribution is 2.22. The molecule has 0 bridgehead atoms. The Labute approximate surface area is 178 Å². The highest BCUT2D eigenvalue weighted by Gasteiger charge is 2.17. The van der Waals surface area contributed by atoms with Crippen molar-refractivity contribution in [3.63, 3.8) is 0 Å². The van der Waals surface area contributed by atoms with Crippen LogP contribution in [0.25, 0.3) is 16.7 Å². The normalized spacial score (nSPS) is 10.8. The molecule has 0 saturated heterocycles. The molecule has 5 nitrogen and oxygen atoms in total. The van der Waals surface area contributed by atoms with Crippen molar-refractivity contribution in [1.29, 1.82) is 0 Å². The van der Waals surface area contributed by atoms with E-state index in [-0.39, 0.29) is 16.8 Å². The number of hydrogen-bond donors (Lipinski definition) is 1. The summed E-state index contributed by atoms with van der Waals surface area (Å²) in [4.78, 5) is 32.9. The molecule has 30 heavy (non-hydrogen) atoms. The fourth-order valence-corrected chi connectivity index (χ4v) is 3.54. The Morgan fingerprint density at radius 2 is 1.73 bits per heavy atom. The molecule has 0 saturated carbocycles. The molecule has 0 aliphatic rings. The van der Waals surface area contributed by atoms with Gasteiger partial charge in [-0.2, -0.15) is 0 Å². The quantitative estimate of drug-likeness (QED) is 0.497. The van der Waals surface area contributed by atoms with Crippen LogP contribution in [0, 0.1) is 11.8 Å². The van der Waals surface area contributed by atoms with E-state index in [1.807, 2.05) is 56.3 Å². The smallest absolute Gasteiger partial charge is 0.306 e. The molecule has 0 amide bonds. The van der Waals surface area contributed by atoms with Crippen molar-refractivity contribution in [1.82, 2.24) is 14.5 Å². The van der Waals surface area contributed by atoms with Crippen molar-refractivity contribution in [2.45, 2.75) is 19.8 Å². The molecule has 6 heteroatoms. The molecular weight excluding hydrogens is 398 g/mol. The fraction of sp³-hybridized carbons (Fsp3) is 0.125. The summed E-state index contributed by atoms with van der Waals surface area (Å²) in [5.41, 5.74) is 1.75. The summed E-state index contributed by atoms with van der Waals surface area (Å²) in [5.74, 6) is 6.21. The van der Waals surface area contributed by atoms with Crippen LogP contribution in [-0.2, 0) is 0 Å². The number of fused-ring (bicyclic) bond motifs is 1. The van der Waals surface area contributed by atoms with E-state index in [1.54, 1.807) is 12.1 Å². The predicted octanol–water partition coefficient (Wildman–Crippen LogP) is 4.25. The maximum atomic E-state index is 13.2. The lowest BCUT2D eigenvalue weighted by molar-refractivity contribution is 0.846. The lowest BCUT2D eigenvalue weighted by Crippen LogP contribution is -2.35. The van der Waals surface area contributed by atoms with Crippen LogP contribution in [-0.4, -0.2) is 14.5 Å². The lowest BCUT2D eigenvalue weighted by Gasteiger charge is -2.12. The first-order valence-electron chi connectivity index (χ1n) is 9.46. The maximum Gasteiger partial charge on any atom is 0.334 e. The average Bonchev–Trinajstić information content (AvgIpc) is 2.73. The summed E-state index contributed by atoms with van der Waals surface area (Å²) < 4.78 is 0.977. The van der Waals surface area contributed by atoms with Gasteiger partial charge in [0, 0.05) is 17.3 Å². The second-order valence-electron chi connectivity index (χ2n) is 7.14. The summed E-state index contributed by atoms with van der Waals surface area (Å²) in [7, 11) is 0. The largest absolute Gasteiger partial charge is 0.334 e. The number of benzene rings is 2. The molecule has 0 radical (unpaired) electrons. The molecule has 0 aliphatic heterocycles. The first-order chi connectivity index (χ1) is 14.5. The SMILES string of the molecule is CC(C)c1cccc2[nH]c(=O)n(-c3ncc(C#Cc4ccccc4)cc3Cl)c(=O)c12. The number of aromatic nitrogens is 3. The first-order valence-corrected chi connectivity index (χ1v) is 9.84. The predicted molar refractivity (Wildman–Crippen MR) is 119 cm³/mol. The van der Waals surface area contributed by atoms with Crippen LogP contribution >= 0.6 is 11.6 Å². The third kappa shape index (κ3) is 3.66. The van der Waals surface area contributed by atoms with E-state index in [2.05, 4.69) is 21.8 Å². The van der Waals surface area contributed by atoms with Crippen LogP contribution in [0.5, 0.6) is 0 Å². The van der Waals surface area contributed by atoms with Gasteiger partial charge < -0.3 is 4.98 Å². The van der Waals surface area contributed by atoms with Gasteiger partial charge >= 0.3 is 5.69 Å². The summed E-state index contributed by atoms with van der Waals surface area (Å²) in [6, 6.07) is 16.5. The zero-order valence-corrected chi connectivity index (χ0v) is 17.2. The van der Waals surface area contributed by atoms with E-state index in [0.717, 1.165) is 15.7 Å². The first kappa shape index (κ1) is 19.7. The van der Waals surface area contributed by atoms with Crippen molar-refractivity contribution >= 4 is 22.5 Å². The fourth-order valence-electron chi connectivity index (χ4n) is 3.29. The van der Waals surface area contributed by atoms with Crippen LogP contribution in [0.1, 0.15) is 36.5 Å². The van der Waals surface area contributed by atoms with E-state index in [4.69, 9.17) is 11.6 Å². The summed E-state index contributed by atoms with van der Waals surface area (Å²) in [5, 5.41) is 0.627. The molecule has 1 N–H and O–H groups in total. The van der Waals surface area contributed by atoms with Crippen molar-refractivity contribution in [2.75, 3.05) is 0 Å². The van der Waals surface area contributed by atoms with Crippen LogP contribution in [0.15, 0.2) is 70.4 Å². The minimum absolute atomic E-state index is 0.0774. The monoisotopic (exact) mass is 415 g/mol. The van der Waals surface area contributed by atoms with Gasteiger partial charge in [-0.15, -0.1) is 0 Å². The topological polar surface area (TPSA) is 67.8 Å². The zero-order chi connectivity index (χ0) is 21.3. The van der Waals surface area contributed by atoms with Gasteiger partial charge in [0.15, 0.2) is 5.82 Å². The standard InChI is InChI=1S/C24H18ClN3O2/c1-15(2)18-9-6-10-20-21(18)23(29)28(24(30)27-20)22-19(25)13-17(14-26-22)12-11-16-7-4-3-5-8-16/h3-10,13-15H,1-2H3,(H,27,30). The number of nitrogens with one attached hydrogen (secondary N) is 1. The summed E-state index contributed by atoms with van der Waals surface area (Å²) >= 11 is 6.40. The Kier molecular flexibility index (Phi) is 5.26. The molecule has 0 unspecified atom stereocenters. The molecule has 2 aromatic heterocycles. The van der Waals surface area contributed by atoms with Gasteiger partial charge in [0.05, 0.1) is 15.9 Å². The number of hydrogen-bond acceptors (Lipinski definition) is 3. The minimum Gasteiger partial charge on any atom is -0.306 e. The summed E-state index contributed by atoms with van der Waals surface area (Å²) in [6.45, 7) is 3.99. The van der Waals surface area contributed by atoms with Crippen LogP contribution in [0.4, 0.5) is 0 Å². The second kappa shape index (κ2) is 8.02. The van der Waals surface area contributed by atoms with Gasteiger partial charge in [0.2, 0.25) is 0 Å². The molecule has 2 aromatic carbocycles. The Morgan fingerprint density at radius 1 is 1.00 bits per heavy atom. The minimum atomic E-state index is -0.592. The van der Waals surface area contributed by atoms with Gasteiger partial charge in [-0.25, -0.2) is 14.3 Å². The Balaban J connectivity index is 1.85. The van der Waals surface area contributed by atoms with Crippen molar-refractivity contribution in [3.8, 4) is 17.7 Å². The molecular formula is C24H18ClN3O2. The van der Waals surface area contributed by atoms with Crippen LogP contribution < -0.4 is 11.2 Å². The number of H-pyrrole nitrogens is 1. The van der Waals surface area contributed by atoms with Gasteiger partial charge in [-0.05, 0) is 35.7 Å². The van der Waals surface area contributed by atoms with Gasteiger partial charge in [0.25, 0.3) is 5.56 Å². The van der Waals surface area contributed by atoms with Crippen molar-refractivity contribution in [2.24, 2.45) is 0 Å². The third-order valence-electron chi connectivity index (χ3n) is 4.74. The van der Waals surface area contributed by atoms with Gasteiger partial charge in [-0.1, -0.05) is 67.6 Å². The van der Waals surface area contributed by atoms with E-state index < -0.39 is 11.2 Å². The number of pyridine rings is 1. The Bertz CT molecular complexity index is 1420. The number of rotatable bonds is 2. The Morgan fingerprint density at radius 3 is 2.43 bits per heavy atom. The van der Waals surface area contributed by atoms with Gasteiger partial charge in [0.1, 0.15) is 0 Å². The maximum absolute atomic E-state index is 13.2. The van der Waals surface area contributed by atoms with E-state index in [1.165, 1.54) is 6.20 Å². The number of nitrogens with zero attached hydrogens (tertiary/aromatic N) is 2. The molecule has 2 heterocycles. The van der Waals surface area contributed by atoms with Crippen LogP contribution in [0.3, 0.4) is 0 Å². The zero-order valence-electron chi connectivity index (χ0n) is 16.4. The molecule has 148 valence electrons. The van der Waals surface area contributed by atoms with Gasteiger partial charge in [-0.3, -0.25) is 4.79 Å². The molecule has 0 spiro atoms. The third-order valence-corrected chi connectivity index (χ3v) is 5.02. The van der Waals surface area contributed by atoms with Crippen molar-refractivity contribution < 1.29 is 0 Å². The molecule has 0 aliphatic carbocycles. The summed E-state index contributed by atoms with van der Waals surface area (Å²) in [6.07, 6.45) is 1.50. The van der Waals surface area contributed by atoms with Crippen LogP contribution in [0.2, 0.25) is 5.02 Å². The molecule has 4 aromatic rings. The van der Waals surface area contributed by atoms with E-state index in [9.17, 15) is 9.59 Å². The average molecular weight is 416 g/mol. The van der Waals surface area contributed by atoms with Crippen molar-refractivity contribution in [3.05, 3.63) is 103 Å². The molecule has 4 rings (SSSR count). The molecule has 0 atom stereocenters. The molecule has 0 fully saturated rings. The number of aromatic amines is 1. The highest BCUT2D eigenvalue weighted by molar-refractivity contribution is 6.32.